The monoisotopic (exact) mass is 429 g/mol. The van der Waals surface area contributed by atoms with Crippen molar-refractivity contribution in [2.24, 2.45) is 5.41 Å². The van der Waals surface area contributed by atoms with Crippen LogP contribution in [-0.4, -0.2) is 44.5 Å². The molecule has 1 saturated carbocycles. The molecule has 28 heavy (non-hydrogen) atoms. The number of carbonyl (C=O) groups is 1. The minimum Gasteiger partial charge on any atom is -0.334 e. The van der Waals surface area contributed by atoms with E-state index in [2.05, 4.69) is 15.3 Å². The first-order chi connectivity index (χ1) is 12.6. The predicted octanol–water partition coefficient (Wildman–Crippen LogP) is 3.07. The third kappa shape index (κ3) is 4.16. The van der Waals surface area contributed by atoms with E-state index < -0.39 is 5.82 Å². The molecule has 2 aromatic rings. The van der Waals surface area contributed by atoms with E-state index in [-0.39, 0.29) is 47.7 Å². The van der Waals surface area contributed by atoms with Gasteiger partial charge in [-0.3, -0.25) is 9.78 Å². The number of rotatable bonds is 5. The van der Waals surface area contributed by atoms with Gasteiger partial charge in [-0.1, -0.05) is 0 Å². The number of piperidine rings is 1. The van der Waals surface area contributed by atoms with Crippen LogP contribution in [0.5, 0.6) is 0 Å². The molecule has 1 aliphatic carbocycles. The van der Waals surface area contributed by atoms with E-state index in [0.717, 1.165) is 50.9 Å². The fourth-order valence-corrected chi connectivity index (χ4v) is 4.19. The van der Waals surface area contributed by atoms with Crippen molar-refractivity contribution in [3.8, 4) is 0 Å². The Morgan fingerprint density at radius 1 is 1.36 bits per heavy atom. The van der Waals surface area contributed by atoms with Crippen molar-refractivity contribution in [3.63, 3.8) is 0 Å². The lowest BCUT2D eigenvalue weighted by molar-refractivity contribution is 0.0680. The molecule has 1 atom stereocenters. The van der Waals surface area contributed by atoms with Crippen molar-refractivity contribution in [1.82, 2.24) is 24.8 Å². The maximum Gasteiger partial charge on any atom is 0.257 e. The molecule has 3 heterocycles. The summed E-state index contributed by atoms with van der Waals surface area (Å²) in [6.07, 6.45) is 9.34. The topological polar surface area (TPSA) is 63.1 Å². The lowest BCUT2D eigenvalue weighted by Gasteiger charge is -2.29. The molecule has 1 N–H and O–H groups in total. The summed E-state index contributed by atoms with van der Waals surface area (Å²) in [5.41, 5.74) is 0.263. The Hall–Kier alpha value is -1.70. The second-order valence-electron chi connectivity index (χ2n) is 7.25. The van der Waals surface area contributed by atoms with Gasteiger partial charge >= 0.3 is 0 Å². The molecule has 1 spiro atoms. The van der Waals surface area contributed by atoms with E-state index in [0.29, 0.717) is 6.54 Å². The van der Waals surface area contributed by atoms with Crippen LogP contribution in [0.2, 0.25) is 0 Å². The molecule has 2 fully saturated rings. The molecule has 1 unspecified atom stereocenters. The molecule has 2 aliphatic rings. The quantitative estimate of drug-likeness (QED) is 0.792. The average Bonchev–Trinajstić information content (AvgIpc) is 3.14. The molecule has 9 heteroatoms. The first-order valence-electron chi connectivity index (χ1n) is 9.26. The van der Waals surface area contributed by atoms with Crippen LogP contribution in [0.4, 0.5) is 4.39 Å². The molecule has 154 valence electrons. The maximum atomic E-state index is 14.2. The van der Waals surface area contributed by atoms with E-state index in [1.165, 1.54) is 12.3 Å². The molecular weight excluding hydrogens is 404 g/mol. The summed E-state index contributed by atoms with van der Waals surface area (Å²) in [4.78, 5) is 23.2. The van der Waals surface area contributed by atoms with Crippen LogP contribution in [0.3, 0.4) is 0 Å². The second-order valence-corrected chi connectivity index (χ2v) is 7.25. The lowest BCUT2D eigenvalue weighted by atomic mass is 9.93. The standard InChI is InChI=1S/C19H24FN5O.2ClH/c1-2-24-10-9-23-17(24)13-25(16-11-19(16)4-7-21-8-5-19)18(26)14-3-6-22-12-15(14)20;;/h3,6,9-10,12,16,21H,2,4-5,7-8,11,13H2,1H3;2*1H. The van der Waals surface area contributed by atoms with Crippen LogP contribution < -0.4 is 5.32 Å². The van der Waals surface area contributed by atoms with Gasteiger partial charge in [0.05, 0.1) is 18.3 Å². The highest BCUT2D eigenvalue weighted by molar-refractivity contribution is 5.94. The minimum atomic E-state index is -0.568. The average molecular weight is 430 g/mol. The van der Waals surface area contributed by atoms with E-state index in [1.54, 1.807) is 6.20 Å². The molecule has 1 amide bonds. The Morgan fingerprint density at radius 2 is 2.11 bits per heavy atom. The Morgan fingerprint density at radius 3 is 2.79 bits per heavy atom. The number of hydrogen-bond donors (Lipinski definition) is 1. The summed E-state index contributed by atoms with van der Waals surface area (Å²) in [6.45, 7) is 5.20. The summed E-state index contributed by atoms with van der Waals surface area (Å²) < 4.78 is 16.2. The maximum absolute atomic E-state index is 14.2. The fourth-order valence-electron chi connectivity index (χ4n) is 4.19. The van der Waals surface area contributed by atoms with Gasteiger partial charge in [0.25, 0.3) is 5.91 Å². The SMILES string of the molecule is CCn1ccnc1CN(C(=O)c1ccncc1F)C1CC12CCNCC2.Cl.Cl. The molecule has 0 bridgehead atoms. The number of nitrogens with zero attached hydrogens (tertiary/aromatic N) is 4. The molecule has 0 aromatic carbocycles. The van der Waals surface area contributed by atoms with E-state index in [4.69, 9.17) is 0 Å². The van der Waals surface area contributed by atoms with E-state index in [9.17, 15) is 9.18 Å². The van der Waals surface area contributed by atoms with Crippen LogP contribution in [0.1, 0.15) is 42.4 Å². The molecule has 1 saturated heterocycles. The second kappa shape index (κ2) is 9.20. The number of hydrogen-bond acceptors (Lipinski definition) is 4. The van der Waals surface area contributed by atoms with Crippen molar-refractivity contribution >= 4 is 30.7 Å². The van der Waals surface area contributed by atoms with Gasteiger partial charge in [0.1, 0.15) is 5.82 Å². The Balaban J connectivity index is 0.00000140. The van der Waals surface area contributed by atoms with Gasteiger partial charge in [-0.15, -0.1) is 24.8 Å². The van der Waals surface area contributed by atoms with Crippen molar-refractivity contribution in [2.75, 3.05) is 13.1 Å². The highest BCUT2D eigenvalue weighted by atomic mass is 35.5. The first-order valence-corrected chi connectivity index (χ1v) is 9.26. The minimum absolute atomic E-state index is 0. The van der Waals surface area contributed by atoms with Crippen LogP contribution in [0.15, 0.2) is 30.9 Å². The van der Waals surface area contributed by atoms with Gasteiger partial charge in [0.15, 0.2) is 5.82 Å². The zero-order chi connectivity index (χ0) is 18.1. The first kappa shape index (κ1) is 22.6. The highest BCUT2D eigenvalue weighted by Crippen LogP contribution is 2.56. The summed E-state index contributed by atoms with van der Waals surface area (Å²) in [7, 11) is 0. The molecule has 6 nitrogen and oxygen atoms in total. The highest BCUT2D eigenvalue weighted by Gasteiger charge is 2.58. The lowest BCUT2D eigenvalue weighted by Crippen LogP contribution is -2.40. The summed E-state index contributed by atoms with van der Waals surface area (Å²) in [5.74, 6) is 0.00334. The molecule has 1 aliphatic heterocycles. The van der Waals surface area contributed by atoms with E-state index in [1.807, 2.05) is 22.6 Å². The van der Waals surface area contributed by atoms with Crippen molar-refractivity contribution < 1.29 is 9.18 Å². The van der Waals surface area contributed by atoms with Crippen LogP contribution in [-0.2, 0) is 13.1 Å². The number of aryl methyl sites for hydroxylation is 1. The fraction of sp³-hybridized carbons (Fsp3) is 0.526. The van der Waals surface area contributed by atoms with Gasteiger partial charge in [-0.25, -0.2) is 9.37 Å². The summed E-state index contributed by atoms with van der Waals surface area (Å²) in [5, 5.41) is 3.39. The van der Waals surface area contributed by atoms with Gasteiger partial charge in [0.2, 0.25) is 0 Å². The summed E-state index contributed by atoms with van der Waals surface area (Å²) >= 11 is 0. The number of amides is 1. The van der Waals surface area contributed by atoms with Crippen LogP contribution in [0, 0.1) is 11.2 Å². The summed E-state index contributed by atoms with van der Waals surface area (Å²) in [6, 6.07) is 1.61. The zero-order valence-corrected chi connectivity index (χ0v) is 17.4. The number of aromatic nitrogens is 3. The normalized spacial score (nSPS) is 19.4. The number of halogens is 3. The predicted molar refractivity (Wildman–Crippen MR) is 109 cm³/mol. The van der Waals surface area contributed by atoms with Crippen molar-refractivity contribution in [3.05, 3.63) is 48.1 Å². The van der Waals surface area contributed by atoms with Crippen LogP contribution in [0.25, 0.3) is 0 Å². The number of nitrogens with one attached hydrogen (secondary N) is 1. The van der Waals surface area contributed by atoms with Crippen molar-refractivity contribution in [1.29, 1.82) is 0 Å². The van der Waals surface area contributed by atoms with Gasteiger partial charge < -0.3 is 14.8 Å². The third-order valence-corrected chi connectivity index (χ3v) is 5.84. The van der Waals surface area contributed by atoms with Crippen molar-refractivity contribution in [2.45, 2.75) is 45.3 Å². The third-order valence-electron chi connectivity index (χ3n) is 5.84. The smallest absolute Gasteiger partial charge is 0.257 e. The molecule has 0 radical (unpaired) electrons. The zero-order valence-electron chi connectivity index (χ0n) is 15.8. The largest absolute Gasteiger partial charge is 0.334 e. The number of imidazole rings is 1. The molecular formula is C19H26Cl2FN5O. The molecule has 2 aromatic heterocycles. The Kier molecular flexibility index (Phi) is 7.42. The molecule has 4 rings (SSSR count). The Bertz CT molecular complexity index is 809. The number of carbonyl (C=O) groups excluding carboxylic acids is 1. The van der Waals surface area contributed by atoms with Gasteiger partial charge in [-0.05, 0) is 50.8 Å². The van der Waals surface area contributed by atoms with E-state index >= 15 is 0 Å². The van der Waals surface area contributed by atoms with Crippen LogP contribution >= 0.6 is 24.8 Å². The Labute approximate surface area is 176 Å². The van der Waals surface area contributed by atoms with Gasteiger partial charge in [0, 0.05) is 31.2 Å². The van der Waals surface area contributed by atoms with Gasteiger partial charge in [-0.2, -0.15) is 0 Å². The number of pyridine rings is 1.